The van der Waals surface area contributed by atoms with Crippen LogP contribution < -0.4 is 0 Å². The van der Waals surface area contributed by atoms with Crippen molar-refractivity contribution in [2.45, 2.75) is 53.0 Å². The van der Waals surface area contributed by atoms with E-state index in [9.17, 15) is 4.79 Å². The molecule has 1 rings (SSSR count). The van der Waals surface area contributed by atoms with Crippen LogP contribution in [0.1, 0.15) is 57.2 Å². The fourth-order valence-corrected chi connectivity index (χ4v) is 2.63. The first-order chi connectivity index (χ1) is 9.41. The molecule has 1 aromatic rings. The first-order valence-corrected chi connectivity index (χ1v) is 8.26. The van der Waals surface area contributed by atoms with E-state index in [2.05, 4.69) is 38.0 Å². The minimum Gasteiger partial charge on any atom is -0.461 e. The lowest BCUT2D eigenvalue weighted by atomic mass is 9.90. The summed E-state index contributed by atoms with van der Waals surface area (Å²) in [5.74, 6) is 1.83. The van der Waals surface area contributed by atoms with Crippen molar-refractivity contribution in [3.05, 3.63) is 11.4 Å². The number of hydrogen-bond donors (Lipinski definition) is 0. The van der Waals surface area contributed by atoms with Crippen LogP contribution in [-0.2, 0) is 16.7 Å². The van der Waals surface area contributed by atoms with Gasteiger partial charge in [-0.05, 0) is 24.9 Å². The predicted molar refractivity (Wildman–Crippen MR) is 82.3 cm³/mol. The molecule has 0 bridgehead atoms. The highest BCUT2D eigenvalue weighted by atomic mass is 32.2. The highest BCUT2D eigenvalue weighted by Gasteiger charge is 2.29. The van der Waals surface area contributed by atoms with Gasteiger partial charge in [-0.1, -0.05) is 32.9 Å². The number of rotatable bonds is 7. The molecule has 0 unspecified atom stereocenters. The van der Waals surface area contributed by atoms with Gasteiger partial charge >= 0.3 is 5.97 Å². The largest absolute Gasteiger partial charge is 0.461 e. The van der Waals surface area contributed by atoms with Crippen molar-refractivity contribution < 1.29 is 9.53 Å². The zero-order valence-corrected chi connectivity index (χ0v) is 13.9. The van der Waals surface area contributed by atoms with Crippen LogP contribution >= 0.6 is 11.8 Å². The maximum atomic E-state index is 12.0. The predicted octanol–water partition coefficient (Wildman–Crippen LogP) is 2.90. The molecule has 114 valence electrons. The molecule has 0 aliphatic carbocycles. The Morgan fingerprint density at radius 3 is 2.60 bits per heavy atom. The van der Waals surface area contributed by atoms with Crippen LogP contribution in [0.4, 0.5) is 0 Å². The molecule has 0 spiro atoms. The number of carbonyl (C=O) groups excluding carboxylic acids is 1. The molecule has 1 aromatic heterocycles. The average molecular weight is 299 g/mol. The first-order valence-electron chi connectivity index (χ1n) is 7.10. The van der Waals surface area contributed by atoms with Crippen molar-refractivity contribution >= 4 is 17.7 Å². The number of ether oxygens (including phenoxy) is 1. The van der Waals surface area contributed by atoms with Gasteiger partial charge in [0, 0.05) is 12.0 Å². The van der Waals surface area contributed by atoms with Gasteiger partial charge in [-0.3, -0.25) is 0 Å². The number of nitrogens with zero attached hydrogens (tertiary/aromatic N) is 3. The molecule has 0 radical (unpaired) electrons. The highest BCUT2D eigenvalue weighted by Crippen LogP contribution is 2.25. The van der Waals surface area contributed by atoms with Crippen molar-refractivity contribution in [2.75, 3.05) is 18.1 Å². The number of aromatic nitrogens is 3. The third-order valence-electron chi connectivity index (χ3n) is 2.78. The molecule has 0 atom stereocenters. The summed E-state index contributed by atoms with van der Waals surface area (Å²) in [5.41, 5.74) is 1.02. The Hall–Kier alpha value is -1.04. The summed E-state index contributed by atoms with van der Waals surface area (Å²) < 4.78 is 6.91. The van der Waals surface area contributed by atoms with Gasteiger partial charge in [-0.15, -0.1) is 5.10 Å². The van der Waals surface area contributed by atoms with Crippen LogP contribution in [0.15, 0.2) is 0 Å². The lowest BCUT2D eigenvalue weighted by molar-refractivity contribution is 0.0516. The van der Waals surface area contributed by atoms with E-state index < -0.39 is 0 Å². The molecule has 0 saturated heterocycles. The van der Waals surface area contributed by atoms with Gasteiger partial charge in [0.15, 0.2) is 5.69 Å². The lowest BCUT2D eigenvalue weighted by Crippen LogP contribution is -2.23. The molecular formula is C14H25N3O2S. The number of aryl methyl sites for hydroxylation is 1. The van der Waals surface area contributed by atoms with Gasteiger partial charge in [0.2, 0.25) is 0 Å². The fourth-order valence-electron chi connectivity index (χ4n) is 2.01. The maximum absolute atomic E-state index is 12.0. The van der Waals surface area contributed by atoms with Crippen LogP contribution in [-0.4, -0.2) is 39.1 Å². The molecule has 0 amide bonds. The summed E-state index contributed by atoms with van der Waals surface area (Å²) in [5, 5.41) is 8.17. The zero-order chi connectivity index (χ0) is 15.2. The second-order valence-corrected chi connectivity index (χ2v) is 6.92. The van der Waals surface area contributed by atoms with Gasteiger partial charge in [0.1, 0.15) is 0 Å². The standard InChI is InChI=1S/C14H25N3O2S/c1-6-19-13(18)11-12(14(3,4)5)17(16-15-11)9-8-10-20-7-2/h6-10H2,1-5H3. The van der Waals surface area contributed by atoms with E-state index in [4.69, 9.17) is 4.74 Å². The van der Waals surface area contributed by atoms with Gasteiger partial charge < -0.3 is 4.74 Å². The van der Waals surface area contributed by atoms with E-state index in [0.717, 1.165) is 30.2 Å². The monoisotopic (exact) mass is 299 g/mol. The summed E-state index contributed by atoms with van der Waals surface area (Å²) in [6.07, 6.45) is 1.02. The summed E-state index contributed by atoms with van der Waals surface area (Å²) in [4.78, 5) is 12.0. The second kappa shape index (κ2) is 7.67. The van der Waals surface area contributed by atoms with Gasteiger partial charge in [0.25, 0.3) is 0 Å². The average Bonchev–Trinajstić information content (AvgIpc) is 2.79. The van der Waals surface area contributed by atoms with E-state index in [1.807, 2.05) is 16.4 Å². The smallest absolute Gasteiger partial charge is 0.360 e. The van der Waals surface area contributed by atoms with Gasteiger partial charge in [-0.25, -0.2) is 9.48 Å². The summed E-state index contributed by atoms with van der Waals surface area (Å²) in [7, 11) is 0. The Bertz CT molecular complexity index is 438. The van der Waals surface area contributed by atoms with Crippen molar-refractivity contribution in [3.63, 3.8) is 0 Å². The van der Waals surface area contributed by atoms with Crippen LogP contribution in [0.3, 0.4) is 0 Å². The molecule has 5 nitrogen and oxygen atoms in total. The van der Waals surface area contributed by atoms with E-state index in [1.165, 1.54) is 0 Å². The molecule has 1 heterocycles. The molecule has 6 heteroatoms. The van der Waals surface area contributed by atoms with Crippen molar-refractivity contribution in [1.82, 2.24) is 15.0 Å². The molecule has 0 saturated carbocycles. The minimum atomic E-state index is -0.383. The van der Waals surface area contributed by atoms with Crippen LogP contribution in [0, 0.1) is 0 Å². The van der Waals surface area contributed by atoms with E-state index in [1.54, 1.807) is 6.92 Å². The lowest BCUT2D eigenvalue weighted by Gasteiger charge is -2.20. The number of thioether (sulfide) groups is 1. The molecule has 0 N–H and O–H groups in total. The third kappa shape index (κ3) is 4.51. The second-order valence-electron chi connectivity index (χ2n) is 5.53. The molecule has 0 fully saturated rings. The van der Waals surface area contributed by atoms with E-state index in [0.29, 0.717) is 12.3 Å². The SMILES string of the molecule is CCOC(=O)c1nnn(CCCSCC)c1C(C)(C)C. The molecule has 0 aliphatic heterocycles. The Morgan fingerprint density at radius 2 is 2.05 bits per heavy atom. The summed E-state index contributed by atoms with van der Waals surface area (Å²) in [6.45, 7) is 11.3. The van der Waals surface area contributed by atoms with Crippen molar-refractivity contribution in [2.24, 2.45) is 0 Å². The van der Waals surface area contributed by atoms with Gasteiger partial charge in [0.05, 0.1) is 12.3 Å². The quantitative estimate of drug-likeness (QED) is 0.572. The molecule has 0 aromatic carbocycles. The Balaban J connectivity index is 2.92. The minimum absolute atomic E-state index is 0.191. The van der Waals surface area contributed by atoms with Crippen LogP contribution in [0.25, 0.3) is 0 Å². The Kier molecular flexibility index (Phi) is 6.52. The first kappa shape index (κ1) is 17.0. The van der Waals surface area contributed by atoms with E-state index >= 15 is 0 Å². The number of carbonyl (C=O) groups is 1. The molecular weight excluding hydrogens is 274 g/mol. The van der Waals surface area contributed by atoms with Crippen molar-refractivity contribution in [1.29, 1.82) is 0 Å². The van der Waals surface area contributed by atoms with Crippen LogP contribution in [0.2, 0.25) is 0 Å². The van der Waals surface area contributed by atoms with Crippen molar-refractivity contribution in [3.8, 4) is 0 Å². The third-order valence-corrected chi connectivity index (χ3v) is 3.76. The highest BCUT2D eigenvalue weighted by molar-refractivity contribution is 7.99. The fraction of sp³-hybridized carbons (Fsp3) is 0.786. The van der Waals surface area contributed by atoms with Crippen LogP contribution in [0.5, 0.6) is 0 Å². The summed E-state index contributed by atoms with van der Waals surface area (Å²) >= 11 is 1.91. The summed E-state index contributed by atoms with van der Waals surface area (Å²) in [6, 6.07) is 0. The Morgan fingerprint density at radius 1 is 1.35 bits per heavy atom. The molecule has 0 aliphatic rings. The normalized spacial score (nSPS) is 11.7. The maximum Gasteiger partial charge on any atom is 0.360 e. The topological polar surface area (TPSA) is 57.0 Å². The number of esters is 1. The Labute approximate surface area is 125 Å². The van der Waals surface area contributed by atoms with Gasteiger partial charge in [-0.2, -0.15) is 11.8 Å². The zero-order valence-electron chi connectivity index (χ0n) is 13.1. The molecule has 20 heavy (non-hydrogen) atoms. The number of hydrogen-bond acceptors (Lipinski definition) is 5. The van der Waals surface area contributed by atoms with E-state index in [-0.39, 0.29) is 11.4 Å².